The number of hydrogen-bond acceptors (Lipinski definition) is 5. The predicted octanol–water partition coefficient (Wildman–Crippen LogP) is 2.54. The Hall–Kier alpha value is -2.58. The third kappa shape index (κ3) is 4.44. The molecule has 1 atom stereocenters. The summed E-state index contributed by atoms with van der Waals surface area (Å²) in [6.07, 6.45) is -0.0812. The number of nitro benzene ring substituents is 1. The summed E-state index contributed by atoms with van der Waals surface area (Å²) in [6.45, 7) is 0. The number of nitro groups is 1. The lowest BCUT2D eigenvalue weighted by molar-refractivity contribution is -0.385. The number of nitrogens with zero attached hydrogens (tertiary/aromatic N) is 2. The van der Waals surface area contributed by atoms with Crippen LogP contribution in [0.2, 0.25) is 0 Å². The molecule has 0 unspecified atom stereocenters. The minimum absolute atomic E-state index is 0.107. The number of aliphatic hydroxyl groups is 1. The summed E-state index contributed by atoms with van der Waals surface area (Å²) in [6, 6.07) is 12.8. The number of halogens is 1. The van der Waals surface area contributed by atoms with Gasteiger partial charge in [0.15, 0.2) is 6.10 Å². The largest absolute Gasteiger partial charge is 0.378 e. The van der Waals surface area contributed by atoms with Crippen LogP contribution in [0.4, 0.5) is 5.69 Å². The molecule has 0 aromatic heterocycles. The number of amides is 1. The van der Waals surface area contributed by atoms with Gasteiger partial charge in [0.2, 0.25) is 0 Å². The topological polar surface area (TPSA) is 105 Å². The molecule has 23 heavy (non-hydrogen) atoms. The van der Waals surface area contributed by atoms with Gasteiger partial charge in [0, 0.05) is 11.6 Å². The third-order valence-electron chi connectivity index (χ3n) is 2.92. The molecule has 7 nitrogen and oxygen atoms in total. The lowest BCUT2D eigenvalue weighted by Gasteiger charge is -2.08. The summed E-state index contributed by atoms with van der Waals surface area (Å²) in [5.74, 6) is -0.695. The van der Waals surface area contributed by atoms with E-state index in [-0.39, 0.29) is 5.69 Å². The van der Waals surface area contributed by atoms with E-state index in [2.05, 4.69) is 26.5 Å². The van der Waals surface area contributed by atoms with Crippen LogP contribution in [0.1, 0.15) is 17.2 Å². The summed E-state index contributed by atoms with van der Waals surface area (Å²) in [5.41, 5.74) is 2.97. The number of hydrogen-bond donors (Lipinski definition) is 2. The van der Waals surface area contributed by atoms with Crippen molar-refractivity contribution in [1.82, 2.24) is 5.43 Å². The van der Waals surface area contributed by atoms with Gasteiger partial charge < -0.3 is 5.11 Å². The molecule has 2 N–H and O–H groups in total. The van der Waals surface area contributed by atoms with Crippen molar-refractivity contribution in [2.45, 2.75) is 6.10 Å². The van der Waals surface area contributed by atoms with Gasteiger partial charge in [-0.15, -0.1) is 0 Å². The Morgan fingerprint density at radius 3 is 2.65 bits per heavy atom. The van der Waals surface area contributed by atoms with Crippen LogP contribution < -0.4 is 5.43 Å². The molecule has 8 heteroatoms. The van der Waals surface area contributed by atoms with E-state index in [4.69, 9.17) is 0 Å². The molecular formula is C15H12BrN3O4. The van der Waals surface area contributed by atoms with E-state index in [1.807, 2.05) is 0 Å². The highest BCUT2D eigenvalue weighted by molar-refractivity contribution is 9.10. The summed E-state index contributed by atoms with van der Waals surface area (Å²) in [4.78, 5) is 22.1. The smallest absolute Gasteiger partial charge is 0.284 e. The summed E-state index contributed by atoms with van der Waals surface area (Å²) in [7, 11) is 0. The zero-order valence-electron chi connectivity index (χ0n) is 11.7. The number of aliphatic hydroxyl groups excluding tert-OH is 1. The Morgan fingerprint density at radius 2 is 2.00 bits per heavy atom. The fourth-order valence-electron chi connectivity index (χ4n) is 1.77. The van der Waals surface area contributed by atoms with Crippen LogP contribution in [0.5, 0.6) is 0 Å². The fraction of sp³-hybridized carbons (Fsp3) is 0.0667. The predicted molar refractivity (Wildman–Crippen MR) is 87.9 cm³/mol. The molecule has 0 saturated heterocycles. The van der Waals surface area contributed by atoms with Crippen LogP contribution in [-0.2, 0) is 4.79 Å². The van der Waals surface area contributed by atoms with E-state index >= 15 is 0 Å². The number of rotatable bonds is 5. The summed E-state index contributed by atoms with van der Waals surface area (Å²) in [5, 5.41) is 24.4. The van der Waals surface area contributed by atoms with Crippen molar-refractivity contribution in [3.63, 3.8) is 0 Å². The average molecular weight is 378 g/mol. The van der Waals surface area contributed by atoms with Gasteiger partial charge in [-0.25, -0.2) is 5.43 Å². The van der Waals surface area contributed by atoms with Gasteiger partial charge in [-0.3, -0.25) is 14.9 Å². The molecule has 0 fully saturated rings. The van der Waals surface area contributed by atoms with Crippen LogP contribution in [-0.4, -0.2) is 22.2 Å². The van der Waals surface area contributed by atoms with Crippen LogP contribution in [0, 0.1) is 10.1 Å². The van der Waals surface area contributed by atoms with Gasteiger partial charge in [-0.05, 0) is 27.6 Å². The highest BCUT2D eigenvalue weighted by Crippen LogP contribution is 2.24. The Bertz CT molecular complexity index is 750. The maximum absolute atomic E-state index is 11.8. The molecular weight excluding hydrogens is 366 g/mol. The first-order valence-electron chi connectivity index (χ1n) is 6.49. The maximum atomic E-state index is 11.8. The molecule has 0 saturated carbocycles. The SMILES string of the molecule is O=C(N/N=C\c1ccc(Br)c([N+](=O)[O-])c1)[C@@H](O)c1ccccc1. The molecule has 0 aliphatic heterocycles. The lowest BCUT2D eigenvalue weighted by atomic mass is 10.1. The van der Waals surface area contributed by atoms with E-state index < -0.39 is 16.9 Å². The highest BCUT2D eigenvalue weighted by Gasteiger charge is 2.16. The Kier molecular flexibility index (Phi) is 5.56. The van der Waals surface area contributed by atoms with E-state index in [1.54, 1.807) is 36.4 Å². The van der Waals surface area contributed by atoms with Crippen molar-refractivity contribution >= 4 is 33.7 Å². The first-order chi connectivity index (χ1) is 11.0. The molecule has 0 bridgehead atoms. The maximum Gasteiger partial charge on any atom is 0.284 e. The summed E-state index contributed by atoms with van der Waals surface area (Å²) < 4.78 is 0.350. The van der Waals surface area contributed by atoms with Gasteiger partial charge >= 0.3 is 0 Å². The second-order valence-electron chi connectivity index (χ2n) is 4.52. The Labute approximate surface area is 139 Å². The lowest BCUT2D eigenvalue weighted by Crippen LogP contribution is -2.25. The molecule has 0 heterocycles. The number of hydrazone groups is 1. The average Bonchev–Trinajstić information content (AvgIpc) is 2.56. The van der Waals surface area contributed by atoms with Gasteiger partial charge in [-0.1, -0.05) is 36.4 Å². The Balaban J connectivity index is 2.03. The molecule has 2 aromatic rings. The highest BCUT2D eigenvalue weighted by atomic mass is 79.9. The monoisotopic (exact) mass is 377 g/mol. The first-order valence-corrected chi connectivity index (χ1v) is 7.28. The molecule has 0 aliphatic rings. The molecule has 0 spiro atoms. The number of benzene rings is 2. The van der Waals surface area contributed by atoms with E-state index in [1.165, 1.54) is 18.3 Å². The van der Waals surface area contributed by atoms with Crippen molar-refractivity contribution in [3.8, 4) is 0 Å². The summed E-state index contributed by atoms with van der Waals surface area (Å²) >= 11 is 3.08. The van der Waals surface area contributed by atoms with Crippen LogP contribution in [0.25, 0.3) is 0 Å². The molecule has 2 aromatic carbocycles. The van der Waals surface area contributed by atoms with Gasteiger partial charge in [0.25, 0.3) is 11.6 Å². The standard InChI is InChI=1S/C15H12BrN3O4/c16-12-7-6-10(8-13(12)19(22)23)9-17-18-15(21)14(20)11-4-2-1-3-5-11/h1-9,14,20H,(H,18,21)/b17-9-/t14-/m0/s1. The normalized spacial score (nSPS) is 12.1. The minimum Gasteiger partial charge on any atom is -0.378 e. The third-order valence-corrected chi connectivity index (χ3v) is 3.59. The van der Waals surface area contributed by atoms with Crippen molar-refractivity contribution in [2.75, 3.05) is 0 Å². The van der Waals surface area contributed by atoms with Crippen LogP contribution in [0.15, 0.2) is 58.1 Å². The number of carbonyl (C=O) groups is 1. The zero-order valence-corrected chi connectivity index (χ0v) is 13.3. The molecule has 2 rings (SSSR count). The Morgan fingerprint density at radius 1 is 1.30 bits per heavy atom. The number of carbonyl (C=O) groups excluding carboxylic acids is 1. The van der Waals surface area contributed by atoms with Crippen LogP contribution in [0.3, 0.4) is 0 Å². The zero-order chi connectivity index (χ0) is 16.8. The van der Waals surface area contributed by atoms with Crippen LogP contribution >= 0.6 is 15.9 Å². The molecule has 0 radical (unpaired) electrons. The number of nitrogens with one attached hydrogen (secondary N) is 1. The van der Waals surface area contributed by atoms with Gasteiger partial charge in [0.05, 0.1) is 15.6 Å². The quantitative estimate of drug-likeness (QED) is 0.474. The van der Waals surface area contributed by atoms with E-state index in [0.29, 0.717) is 15.6 Å². The van der Waals surface area contributed by atoms with Gasteiger partial charge in [-0.2, -0.15) is 5.10 Å². The molecule has 1 amide bonds. The van der Waals surface area contributed by atoms with Crippen molar-refractivity contribution in [3.05, 3.63) is 74.2 Å². The van der Waals surface area contributed by atoms with E-state index in [9.17, 15) is 20.0 Å². The van der Waals surface area contributed by atoms with Crippen molar-refractivity contribution in [2.24, 2.45) is 5.10 Å². The second kappa shape index (κ2) is 7.61. The van der Waals surface area contributed by atoms with E-state index in [0.717, 1.165) is 0 Å². The van der Waals surface area contributed by atoms with Crippen molar-refractivity contribution < 1.29 is 14.8 Å². The first kappa shape index (κ1) is 16.8. The second-order valence-corrected chi connectivity index (χ2v) is 5.37. The molecule has 0 aliphatic carbocycles. The van der Waals surface area contributed by atoms with Crippen molar-refractivity contribution in [1.29, 1.82) is 0 Å². The minimum atomic E-state index is -1.34. The van der Waals surface area contributed by atoms with Gasteiger partial charge in [0.1, 0.15) is 0 Å². The molecule has 118 valence electrons. The fourth-order valence-corrected chi connectivity index (χ4v) is 2.16.